The van der Waals surface area contributed by atoms with Gasteiger partial charge in [0.05, 0.1) is 0 Å². The first kappa shape index (κ1) is 22.6. The molecule has 2 heteroatoms. The highest BCUT2D eigenvalue weighted by Crippen LogP contribution is 2.41. The third-order valence-corrected chi connectivity index (χ3v) is 6.18. The van der Waals surface area contributed by atoms with Crippen molar-refractivity contribution in [2.24, 2.45) is 11.3 Å². The lowest BCUT2D eigenvalue weighted by atomic mass is 9.86. The highest BCUT2D eigenvalue weighted by molar-refractivity contribution is 7.80. The second kappa shape index (κ2) is 11.3. The van der Waals surface area contributed by atoms with Crippen LogP contribution in [0.3, 0.4) is 0 Å². The van der Waals surface area contributed by atoms with Crippen molar-refractivity contribution in [3.05, 3.63) is 41.5 Å². The standard InChI is InChI=1S/C25H41NS/c1-5-7-9-17-25(3,4)19-26-24(22-15-16-22)21-13-11-20(12-14-21)23(18-27)10-8-6-2/h10-14,22,24,26-27H,5-9,15-19H2,1-4H3/b23-10-. The number of unbranched alkanes of at least 4 members (excludes halogenated alkanes) is 3. The Morgan fingerprint density at radius 2 is 1.85 bits per heavy atom. The van der Waals surface area contributed by atoms with Gasteiger partial charge >= 0.3 is 0 Å². The van der Waals surface area contributed by atoms with Crippen LogP contribution in [0.1, 0.15) is 96.2 Å². The quantitative estimate of drug-likeness (QED) is 0.264. The van der Waals surface area contributed by atoms with E-state index in [-0.39, 0.29) is 0 Å². The molecular weight excluding hydrogens is 346 g/mol. The van der Waals surface area contributed by atoms with E-state index in [1.807, 2.05) is 0 Å². The second-order valence-electron chi connectivity index (χ2n) is 9.12. The number of thiol groups is 1. The maximum absolute atomic E-state index is 4.53. The summed E-state index contributed by atoms with van der Waals surface area (Å²) in [4.78, 5) is 0. The number of rotatable bonds is 13. The Balaban J connectivity index is 2.00. The minimum absolute atomic E-state index is 0.379. The molecule has 1 nitrogen and oxygen atoms in total. The third kappa shape index (κ3) is 7.66. The van der Waals surface area contributed by atoms with Gasteiger partial charge in [-0.25, -0.2) is 0 Å². The molecule has 0 bridgehead atoms. The van der Waals surface area contributed by atoms with Crippen molar-refractivity contribution in [3.63, 3.8) is 0 Å². The number of hydrogen-bond acceptors (Lipinski definition) is 2. The van der Waals surface area contributed by atoms with Crippen LogP contribution < -0.4 is 5.32 Å². The smallest absolute Gasteiger partial charge is 0.0348 e. The fourth-order valence-corrected chi connectivity index (χ4v) is 4.12. The lowest BCUT2D eigenvalue weighted by molar-refractivity contribution is 0.280. The highest BCUT2D eigenvalue weighted by Gasteiger charge is 2.33. The molecule has 1 unspecified atom stereocenters. The summed E-state index contributed by atoms with van der Waals surface area (Å²) in [6.07, 6.45) is 12.7. The van der Waals surface area contributed by atoms with Gasteiger partial charge in [0.15, 0.2) is 0 Å². The Bertz CT molecular complexity index is 568. The third-order valence-electron chi connectivity index (χ3n) is 5.84. The van der Waals surface area contributed by atoms with Crippen molar-refractivity contribution < 1.29 is 0 Å². The molecule has 0 saturated heterocycles. The van der Waals surface area contributed by atoms with Crippen LogP contribution >= 0.6 is 12.6 Å². The minimum Gasteiger partial charge on any atom is -0.309 e. The van der Waals surface area contributed by atoms with E-state index in [2.05, 4.69) is 76.0 Å². The molecule has 27 heavy (non-hydrogen) atoms. The van der Waals surface area contributed by atoms with Gasteiger partial charge in [-0.2, -0.15) is 12.6 Å². The molecule has 2 rings (SSSR count). The fraction of sp³-hybridized carbons (Fsp3) is 0.680. The van der Waals surface area contributed by atoms with E-state index >= 15 is 0 Å². The molecule has 0 radical (unpaired) electrons. The van der Waals surface area contributed by atoms with Crippen LogP contribution in [0.5, 0.6) is 0 Å². The van der Waals surface area contributed by atoms with E-state index in [0.717, 1.165) is 24.6 Å². The zero-order chi connectivity index (χ0) is 19.7. The van der Waals surface area contributed by atoms with Crippen molar-refractivity contribution in [2.75, 3.05) is 12.3 Å². The van der Waals surface area contributed by atoms with Gasteiger partial charge in [0.2, 0.25) is 0 Å². The molecule has 1 aliphatic carbocycles. The molecule has 0 heterocycles. The summed E-state index contributed by atoms with van der Waals surface area (Å²) in [6, 6.07) is 9.81. The van der Waals surface area contributed by atoms with Gasteiger partial charge in [0.25, 0.3) is 0 Å². The van der Waals surface area contributed by atoms with Crippen LogP contribution in [0.25, 0.3) is 5.57 Å². The van der Waals surface area contributed by atoms with Gasteiger partial charge in [-0.3, -0.25) is 0 Å². The summed E-state index contributed by atoms with van der Waals surface area (Å²) in [5.41, 5.74) is 4.53. The molecule has 0 spiro atoms. The lowest BCUT2D eigenvalue weighted by Crippen LogP contribution is -2.33. The van der Waals surface area contributed by atoms with Gasteiger partial charge in [-0.1, -0.05) is 83.7 Å². The van der Waals surface area contributed by atoms with Crippen LogP contribution in [-0.2, 0) is 0 Å². The molecule has 152 valence electrons. The van der Waals surface area contributed by atoms with E-state index in [1.165, 1.54) is 61.6 Å². The Kier molecular flexibility index (Phi) is 9.45. The molecule has 1 saturated carbocycles. The number of allylic oxidation sites excluding steroid dienone is 1. The Morgan fingerprint density at radius 1 is 1.15 bits per heavy atom. The van der Waals surface area contributed by atoms with Gasteiger partial charge in [-0.15, -0.1) is 0 Å². The van der Waals surface area contributed by atoms with Crippen molar-refractivity contribution in [3.8, 4) is 0 Å². The predicted molar refractivity (Wildman–Crippen MR) is 125 cm³/mol. The summed E-state index contributed by atoms with van der Waals surface area (Å²) in [7, 11) is 0. The average molecular weight is 388 g/mol. The van der Waals surface area contributed by atoms with E-state index < -0.39 is 0 Å². The molecule has 0 aromatic heterocycles. The van der Waals surface area contributed by atoms with Crippen LogP contribution in [0.2, 0.25) is 0 Å². The van der Waals surface area contributed by atoms with Gasteiger partial charge in [0.1, 0.15) is 0 Å². The van der Waals surface area contributed by atoms with Crippen LogP contribution in [0, 0.1) is 11.3 Å². The largest absolute Gasteiger partial charge is 0.309 e. The number of hydrogen-bond donors (Lipinski definition) is 2. The van der Waals surface area contributed by atoms with Crippen LogP contribution in [0.15, 0.2) is 30.3 Å². The van der Waals surface area contributed by atoms with E-state index in [1.54, 1.807) is 0 Å². The summed E-state index contributed by atoms with van der Waals surface area (Å²) in [5, 5.41) is 3.93. The zero-order valence-electron chi connectivity index (χ0n) is 18.1. The molecule has 0 aliphatic heterocycles. The maximum atomic E-state index is 4.53. The molecule has 1 aliphatic rings. The SMILES string of the molecule is CCC/C=C(/CS)c1ccc(C(NCC(C)(C)CCCCC)C2CC2)cc1. The molecule has 0 amide bonds. The fourth-order valence-electron chi connectivity index (χ4n) is 3.81. The second-order valence-corrected chi connectivity index (χ2v) is 9.43. The Labute approximate surface area is 173 Å². The monoisotopic (exact) mass is 387 g/mol. The van der Waals surface area contributed by atoms with Gasteiger partial charge < -0.3 is 5.32 Å². The Morgan fingerprint density at radius 3 is 2.41 bits per heavy atom. The molecule has 1 aromatic carbocycles. The number of nitrogens with one attached hydrogen (secondary N) is 1. The van der Waals surface area contributed by atoms with Crippen LogP contribution in [-0.4, -0.2) is 12.3 Å². The first-order valence-electron chi connectivity index (χ1n) is 11.1. The highest BCUT2D eigenvalue weighted by atomic mass is 32.1. The topological polar surface area (TPSA) is 12.0 Å². The first-order chi connectivity index (χ1) is 13.0. The van der Waals surface area contributed by atoms with Crippen molar-refractivity contribution in [2.45, 2.75) is 85.1 Å². The van der Waals surface area contributed by atoms with E-state index in [0.29, 0.717) is 11.5 Å². The zero-order valence-corrected chi connectivity index (χ0v) is 19.0. The minimum atomic E-state index is 0.379. The van der Waals surface area contributed by atoms with Gasteiger partial charge in [0, 0.05) is 18.3 Å². The summed E-state index contributed by atoms with van der Waals surface area (Å²) < 4.78 is 0. The first-order valence-corrected chi connectivity index (χ1v) is 11.8. The lowest BCUT2D eigenvalue weighted by Gasteiger charge is -2.29. The van der Waals surface area contributed by atoms with Crippen molar-refractivity contribution >= 4 is 18.2 Å². The summed E-state index contributed by atoms with van der Waals surface area (Å²) in [6.45, 7) is 10.5. The molecular formula is C25H41NS. The summed E-state index contributed by atoms with van der Waals surface area (Å²) >= 11 is 4.53. The average Bonchev–Trinajstić information content (AvgIpc) is 3.49. The predicted octanol–water partition coefficient (Wildman–Crippen LogP) is 7.45. The summed E-state index contributed by atoms with van der Waals surface area (Å²) in [5.74, 6) is 1.64. The molecule has 1 fully saturated rings. The van der Waals surface area contributed by atoms with E-state index in [4.69, 9.17) is 0 Å². The number of benzene rings is 1. The van der Waals surface area contributed by atoms with Gasteiger partial charge in [-0.05, 0) is 53.7 Å². The molecule has 1 aromatic rings. The maximum Gasteiger partial charge on any atom is 0.0348 e. The van der Waals surface area contributed by atoms with Crippen molar-refractivity contribution in [1.82, 2.24) is 5.32 Å². The van der Waals surface area contributed by atoms with Crippen LogP contribution in [0.4, 0.5) is 0 Å². The van der Waals surface area contributed by atoms with E-state index in [9.17, 15) is 0 Å². The normalized spacial score (nSPS) is 16.6. The van der Waals surface area contributed by atoms with Crippen molar-refractivity contribution in [1.29, 1.82) is 0 Å². The molecule has 1 N–H and O–H groups in total. The molecule has 1 atom stereocenters. The Hall–Kier alpha value is -0.730.